The molecule has 0 saturated carbocycles. The van der Waals surface area contributed by atoms with E-state index >= 15 is 0 Å². The maximum Gasteiger partial charge on any atom is 0.261 e. The maximum atomic E-state index is 12.6. The summed E-state index contributed by atoms with van der Waals surface area (Å²) in [6.07, 6.45) is 1.89. The van der Waals surface area contributed by atoms with E-state index in [2.05, 4.69) is 19.2 Å². The molecule has 116 valence electrons. The lowest BCUT2D eigenvalue weighted by Crippen LogP contribution is -2.50. The normalized spacial score (nSPS) is 22.3. The lowest BCUT2D eigenvalue weighted by Gasteiger charge is -2.38. The first-order chi connectivity index (χ1) is 10.1. The molecule has 1 saturated heterocycles. The van der Waals surface area contributed by atoms with Crippen molar-refractivity contribution in [1.29, 1.82) is 0 Å². The number of nitrogens with one attached hydrogen (secondary N) is 1. The van der Waals surface area contributed by atoms with Crippen LogP contribution in [0.3, 0.4) is 0 Å². The summed E-state index contributed by atoms with van der Waals surface area (Å²) in [7, 11) is 0. The number of phenolic OH excluding ortho intramolecular Hbond substituents is 2. The Morgan fingerprint density at radius 1 is 1.33 bits per heavy atom. The summed E-state index contributed by atoms with van der Waals surface area (Å²) in [5.41, 5.74) is 0.00857. The molecule has 1 aromatic rings. The zero-order valence-electron chi connectivity index (χ0n) is 12.7. The number of rotatable bonds is 4. The molecule has 2 rings (SSSR count). The van der Waals surface area contributed by atoms with E-state index in [0.717, 1.165) is 19.4 Å². The number of nitrogens with zero attached hydrogens (tertiary/aromatic N) is 1. The van der Waals surface area contributed by atoms with Crippen LogP contribution < -0.4 is 5.32 Å². The Hall–Kier alpha value is -1.75. The quantitative estimate of drug-likeness (QED) is 0.793. The lowest BCUT2D eigenvalue weighted by molar-refractivity contribution is 0.0622. The SMILES string of the molecule is CCNC1CCN(C(=O)c2c(O)cccc2O)CC1CC. The van der Waals surface area contributed by atoms with Gasteiger partial charge in [0.25, 0.3) is 5.91 Å². The Kier molecular flexibility index (Phi) is 5.07. The molecule has 0 aliphatic carbocycles. The van der Waals surface area contributed by atoms with Gasteiger partial charge in [-0.3, -0.25) is 4.79 Å². The minimum Gasteiger partial charge on any atom is -0.507 e. The number of phenols is 2. The first-order valence-corrected chi connectivity index (χ1v) is 7.62. The molecule has 1 heterocycles. The fourth-order valence-corrected chi connectivity index (χ4v) is 3.07. The number of hydrogen-bond donors (Lipinski definition) is 3. The Morgan fingerprint density at radius 2 is 2.00 bits per heavy atom. The zero-order valence-corrected chi connectivity index (χ0v) is 12.7. The van der Waals surface area contributed by atoms with E-state index in [4.69, 9.17) is 0 Å². The Morgan fingerprint density at radius 3 is 2.57 bits per heavy atom. The minimum absolute atomic E-state index is 0.00857. The predicted octanol–water partition coefficient (Wildman–Crippen LogP) is 1.95. The van der Waals surface area contributed by atoms with Crippen molar-refractivity contribution < 1.29 is 15.0 Å². The standard InChI is InChI=1S/C16H24N2O3/c1-3-11-10-18(9-8-12(11)17-4-2)16(21)15-13(19)6-5-7-14(15)20/h5-7,11-12,17,19-20H,3-4,8-10H2,1-2H3. The van der Waals surface area contributed by atoms with Crippen LogP contribution in [0.2, 0.25) is 0 Å². The molecule has 0 radical (unpaired) electrons. The van der Waals surface area contributed by atoms with Gasteiger partial charge in [-0.2, -0.15) is 0 Å². The van der Waals surface area contributed by atoms with E-state index in [1.807, 2.05) is 0 Å². The summed E-state index contributed by atoms with van der Waals surface area (Å²) < 4.78 is 0. The highest BCUT2D eigenvalue weighted by Crippen LogP contribution is 2.30. The summed E-state index contributed by atoms with van der Waals surface area (Å²) in [5, 5.41) is 23.1. The van der Waals surface area contributed by atoms with Crippen molar-refractivity contribution in [3.05, 3.63) is 23.8 Å². The van der Waals surface area contributed by atoms with Crippen LogP contribution in [-0.2, 0) is 0 Å². The molecule has 0 aromatic heterocycles. The molecule has 0 bridgehead atoms. The molecule has 2 unspecified atom stereocenters. The minimum atomic E-state index is -0.293. The summed E-state index contributed by atoms with van der Waals surface area (Å²) >= 11 is 0. The van der Waals surface area contributed by atoms with Gasteiger partial charge >= 0.3 is 0 Å². The van der Waals surface area contributed by atoms with Crippen molar-refractivity contribution in [3.63, 3.8) is 0 Å². The molecule has 5 heteroatoms. The van der Waals surface area contributed by atoms with Crippen LogP contribution in [0.4, 0.5) is 0 Å². The highest BCUT2D eigenvalue weighted by Gasteiger charge is 2.32. The maximum absolute atomic E-state index is 12.6. The van der Waals surface area contributed by atoms with Crippen LogP contribution in [0, 0.1) is 5.92 Å². The molecule has 0 spiro atoms. The van der Waals surface area contributed by atoms with E-state index in [1.54, 1.807) is 4.90 Å². The fourth-order valence-electron chi connectivity index (χ4n) is 3.07. The van der Waals surface area contributed by atoms with E-state index in [9.17, 15) is 15.0 Å². The first kappa shape index (κ1) is 15.6. The van der Waals surface area contributed by atoms with Crippen LogP contribution in [0.5, 0.6) is 11.5 Å². The third kappa shape index (κ3) is 3.29. The summed E-state index contributed by atoms with van der Waals surface area (Å²) in [6.45, 7) is 6.43. The number of amides is 1. The van der Waals surface area contributed by atoms with Crippen molar-refractivity contribution in [3.8, 4) is 11.5 Å². The van der Waals surface area contributed by atoms with E-state index < -0.39 is 0 Å². The molecule has 21 heavy (non-hydrogen) atoms. The molecule has 1 aliphatic heterocycles. The highest BCUT2D eigenvalue weighted by atomic mass is 16.3. The van der Waals surface area contributed by atoms with Gasteiger partial charge in [-0.05, 0) is 31.0 Å². The van der Waals surface area contributed by atoms with Crippen LogP contribution in [-0.4, -0.2) is 46.7 Å². The lowest BCUT2D eigenvalue weighted by atomic mass is 9.89. The van der Waals surface area contributed by atoms with Crippen molar-refractivity contribution in [2.24, 2.45) is 5.92 Å². The van der Waals surface area contributed by atoms with Gasteiger partial charge < -0.3 is 20.4 Å². The second kappa shape index (κ2) is 6.80. The average molecular weight is 292 g/mol. The molecule has 2 atom stereocenters. The topological polar surface area (TPSA) is 72.8 Å². The van der Waals surface area contributed by atoms with Gasteiger partial charge in [-0.25, -0.2) is 0 Å². The van der Waals surface area contributed by atoms with Gasteiger partial charge in [-0.15, -0.1) is 0 Å². The van der Waals surface area contributed by atoms with Gasteiger partial charge in [0.15, 0.2) is 0 Å². The second-order valence-corrected chi connectivity index (χ2v) is 5.54. The fraction of sp³-hybridized carbons (Fsp3) is 0.562. The monoisotopic (exact) mass is 292 g/mol. The van der Waals surface area contributed by atoms with Gasteiger partial charge in [0.05, 0.1) is 0 Å². The van der Waals surface area contributed by atoms with Crippen LogP contribution in [0.25, 0.3) is 0 Å². The van der Waals surface area contributed by atoms with Crippen molar-refractivity contribution in [1.82, 2.24) is 10.2 Å². The van der Waals surface area contributed by atoms with Gasteiger partial charge in [0.2, 0.25) is 0 Å². The van der Waals surface area contributed by atoms with Crippen molar-refractivity contribution >= 4 is 5.91 Å². The summed E-state index contributed by atoms with van der Waals surface area (Å²) in [5.74, 6) is -0.224. The summed E-state index contributed by atoms with van der Waals surface area (Å²) in [6, 6.07) is 4.81. The number of piperidine rings is 1. The molecule has 5 nitrogen and oxygen atoms in total. The number of aromatic hydroxyl groups is 2. The average Bonchev–Trinajstić information content (AvgIpc) is 2.47. The smallest absolute Gasteiger partial charge is 0.261 e. The molecular weight excluding hydrogens is 268 g/mol. The summed E-state index contributed by atoms with van der Waals surface area (Å²) in [4.78, 5) is 14.3. The third-order valence-electron chi connectivity index (χ3n) is 4.25. The van der Waals surface area contributed by atoms with Crippen LogP contribution >= 0.6 is 0 Å². The first-order valence-electron chi connectivity index (χ1n) is 7.62. The number of benzene rings is 1. The van der Waals surface area contributed by atoms with Crippen LogP contribution in [0.15, 0.2) is 18.2 Å². The third-order valence-corrected chi connectivity index (χ3v) is 4.25. The van der Waals surface area contributed by atoms with Gasteiger partial charge in [-0.1, -0.05) is 26.3 Å². The largest absolute Gasteiger partial charge is 0.507 e. The van der Waals surface area contributed by atoms with Gasteiger partial charge in [0.1, 0.15) is 17.1 Å². The van der Waals surface area contributed by atoms with E-state index in [0.29, 0.717) is 25.0 Å². The molecule has 1 aromatic carbocycles. The Balaban J connectivity index is 2.14. The number of hydrogen-bond acceptors (Lipinski definition) is 4. The van der Waals surface area contributed by atoms with Crippen molar-refractivity contribution in [2.75, 3.05) is 19.6 Å². The molecule has 1 amide bonds. The van der Waals surface area contributed by atoms with E-state index in [-0.39, 0.29) is 23.0 Å². The molecular formula is C16H24N2O3. The number of likely N-dealkylation sites (tertiary alicyclic amines) is 1. The predicted molar refractivity (Wildman–Crippen MR) is 81.5 cm³/mol. The number of carbonyl (C=O) groups excluding carboxylic acids is 1. The van der Waals surface area contributed by atoms with Crippen molar-refractivity contribution in [2.45, 2.75) is 32.7 Å². The Bertz CT molecular complexity index is 484. The molecule has 1 aliphatic rings. The second-order valence-electron chi connectivity index (χ2n) is 5.54. The molecule has 3 N–H and O–H groups in total. The highest BCUT2D eigenvalue weighted by molar-refractivity contribution is 5.99. The Labute approximate surface area is 125 Å². The molecule has 1 fully saturated rings. The van der Waals surface area contributed by atoms with E-state index in [1.165, 1.54) is 18.2 Å². The number of carbonyl (C=O) groups is 1. The van der Waals surface area contributed by atoms with Crippen LogP contribution in [0.1, 0.15) is 37.0 Å². The zero-order chi connectivity index (χ0) is 15.4. The van der Waals surface area contributed by atoms with Gasteiger partial charge in [0, 0.05) is 19.1 Å².